The number of nitro benzene ring substituents is 1. The summed E-state index contributed by atoms with van der Waals surface area (Å²) in [6.07, 6.45) is 0.0664. The van der Waals surface area contributed by atoms with Crippen molar-refractivity contribution >= 4 is 11.5 Å². The molecule has 7 heteroatoms. The summed E-state index contributed by atoms with van der Waals surface area (Å²) in [5, 5.41) is 19.2. The van der Waals surface area contributed by atoms with Crippen LogP contribution in [0.15, 0.2) is 12.1 Å². The van der Waals surface area contributed by atoms with Crippen molar-refractivity contribution in [3.63, 3.8) is 0 Å². The highest BCUT2D eigenvalue weighted by Crippen LogP contribution is 2.25. The fourth-order valence-electron chi connectivity index (χ4n) is 1.42. The SMILES string of the molecule is CCC(C#N)C(=O)c1c(F)ccc([N+](=O)[O-])c1F. The fourth-order valence-corrected chi connectivity index (χ4v) is 1.42. The van der Waals surface area contributed by atoms with E-state index >= 15 is 0 Å². The lowest BCUT2D eigenvalue weighted by Gasteiger charge is -2.07. The van der Waals surface area contributed by atoms with Gasteiger partial charge in [0.2, 0.25) is 5.82 Å². The van der Waals surface area contributed by atoms with E-state index in [1.54, 1.807) is 6.07 Å². The zero-order valence-electron chi connectivity index (χ0n) is 9.31. The van der Waals surface area contributed by atoms with E-state index in [0.29, 0.717) is 12.1 Å². The van der Waals surface area contributed by atoms with E-state index in [4.69, 9.17) is 5.26 Å². The highest BCUT2D eigenvalue weighted by Gasteiger charge is 2.29. The van der Waals surface area contributed by atoms with Crippen LogP contribution in [0.4, 0.5) is 14.5 Å². The van der Waals surface area contributed by atoms with Crippen molar-refractivity contribution in [2.45, 2.75) is 13.3 Å². The number of nitriles is 1. The number of rotatable bonds is 4. The summed E-state index contributed by atoms with van der Waals surface area (Å²) in [5.41, 5.74) is -2.02. The lowest BCUT2D eigenvalue weighted by Crippen LogP contribution is -2.16. The normalized spacial score (nSPS) is 11.7. The van der Waals surface area contributed by atoms with Crippen molar-refractivity contribution in [1.29, 1.82) is 5.26 Å². The molecule has 0 N–H and O–H groups in total. The van der Waals surface area contributed by atoms with Crippen LogP contribution in [-0.2, 0) is 0 Å². The summed E-state index contributed by atoms with van der Waals surface area (Å²) in [6, 6.07) is 2.87. The lowest BCUT2D eigenvalue weighted by atomic mass is 9.95. The molecule has 18 heavy (non-hydrogen) atoms. The second-order valence-corrected chi connectivity index (χ2v) is 3.47. The molecule has 0 saturated carbocycles. The van der Waals surface area contributed by atoms with Crippen LogP contribution in [0.3, 0.4) is 0 Å². The Morgan fingerprint density at radius 3 is 2.61 bits per heavy atom. The van der Waals surface area contributed by atoms with Crippen LogP contribution in [0.2, 0.25) is 0 Å². The molecule has 0 fully saturated rings. The molecule has 1 rings (SSSR count). The Bertz CT molecular complexity index is 552. The van der Waals surface area contributed by atoms with Gasteiger partial charge >= 0.3 is 5.69 Å². The number of benzene rings is 1. The van der Waals surface area contributed by atoms with Crippen molar-refractivity contribution in [1.82, 2.24) is 0 Å². The summed E-state index contributed by atoms with van der Waals surface area (Å²) >= 11 is 0. The van der Waals surface area contributed by atoms with E-state index in [1.807, 2.05) is 0 Å². The molecule has 5 nitrogen and oxygen atoms in total. The van der Waals surface area contributed by atoms with E-state index in [-0.39, 0.29) is 6.42 Å². The first-order valence-corrected chi connectivity index (χ1v) is 5.00. The minimum absolute atomic E-state index is 0.0664. The Labute approximate surface area is 101 Å². The minimum Gasteiger partial charge on any atom is -0.292 e. The molecule has 94 valence electrons. The predicted octanol–water partition coefficient (Wildman–Crippen LogP) is 2.61. The van der Waals surface area contributed by atoms with Crippen molar-refractivity contribution in [2.24, 2.45) is 5.92 Å². The Hall–Kier alpha value is -2.36. The molecule has 1 unspecified atom stereocenters. The number of carbonyl (C=O) groups is 1. The van der Waals surface area contributed by atoms with Gasteiger partial charge in [-0.05, 0) is 12.5 Å². The number of nitrogens with zero attached hydrogens (tertiary/aromatic N) is 2. The van der Waals surface area contributed by atoms with Gasteiger partial charge in [-0.15, -0.1) is 0 Å². The zero-order chi connectivity index (χ0) is 13.9. The molecular weight excluding hydrogens is 246 g/mol. The van der Waals surface area contributed by atoms with Crippen molar-refractivity contribution in [3.8, 4) is 6.07 Å². The third-order valence-corrected chi connectivity index (χ3v) is 2.39. The summed E-state index contributed by atoms with van der Waals surface area (Å²) < 4.78 is 27.0. The number of ketones is 1. The Morgan fingerprint density at radius 2 is 2.17 bits per heavy atom. The average Bonchev–Trinajstić information content (AvgIpc) is 2.30. The molecule has 1 atom stereocenters. The van der Waals surface area contributed by atoms with Crippen LogP contribution in [-0.4, -0.2) is 10.7 Å². The van der Waals surface area contributed by atoms with Crippen LogP contribution >= 0.6 is 0 Å². The predicted molar refractivity (Wildman–Crippen MR) is 56.7 cm³/mol. The maximum atomic E-state index is 13.7. The smallest absolute Gasteiger partial charge is 0.292 e. The largest absolute Gasteiger partial charge is 0.305 e. The fraction of sp³-hybridized carbons (Fsp3) is 0.273. The van der Waals surface area contributed by atoms with Crippen LogP contribution < -0.4 is 0 Å². The summed E-state index contributed by atoms with van der Waals surface area (Å²) in [4.78, 5) is 21.1. The first-order chi connectivity index (χ1) is 8.43. The van der Waals surface area contributed by atoms with Gasteiger partial charge in [0, 0.05) is 6.07 Å². The molecular formula is C11H8F2N2O3. The number of hydrogen-bond donors (Lipinski definition) is 0. The van der Waals surface area contributed by atoms with Crippen LogP contribution in [0.25, 0.3) is 0 Å². The second-order valence-electron chi connectivity index (χ2n) is 3.47. The Kier molecular flexibility index (Phi) is 4.05. The molecule has 0 radical (unpaired) electrons. The quantitative estimate of drug-likeness (QED) is 0.469. The van der Waals surface area contributed by atoms with Crippen LogP contribution in [0, 0.1) is 39.0 Å². The molecule has 1 aromatic carbocycles. The molecule has 1 aromatic rings. The monoisotopic (exact) mass is 254 g/mol. The first-order valence-electron chi connectivity index (χ1n) is 5.00. The van der Waals surface area contributed by atoms with Gasteiger partial charge in [0.1, 0.15) is 11.7 Å². The highest BCUT2D eigenvalue weighted by atomic mass is 19.1. The maximum absolute atomic E-state index is 13.7. The van der Waals surface area contributed by atoms with E-state index in [9.17, 15) is 23.7 Å². The lowest BCUT2D eigenvalue weighted by molar-refractivity contribution is -0.387. The molecule has 0 aliphatic rings. The van der Waals surface area contributed by atoms with E-state index < -0.39 is 39.5 Å². The maximum Gasteiger partial charge on any atom is 0.305 e. The van der Waals surface area contributed by atoms with Crippen molar-refractivity contribution in [3.05, 3.63) is 39.4 Å². The summed E-state index contributed by atoms with van der Waals surface area (Å²) in [6.45, 7) is 1.50. The van der Waals surface area contributed by atoms with Gasteiger partial charge in [-0.3, -0.25) is 14.9 Å². The van der Waals surface area contributed by atoms with Gasteiger partial charge in [-0.2, -0.15) is 9.65 Å². The molecule has 0 amide bonds. The van der Waals surface area contributed by atoms with Crippen LogP contribution in [0.1, 0.15) is 23.7 Å². The number of hydrogen-bond acceptors (Lipinski definition) is 4. The molecule has 0 aliphatic heterocycles. The second kappa shape index (κ2) is 5.31. The molecule has 0 aromatic heterocycles. The number of carbonyl (C=O) groups excluding carboxylic acids is 1. The zero-order valence-corrected chi connectivity index (χ0v) is 9.31. The number of halogens is 2. The van der Waals surface area contributed by atoms with Gasteiger partial charge in [-0.25, -0.2) is 4.39 Å². The Balaban J connectivity index is 3.41. The third-order valence-electron chi connectivity index (χ3n) is 2.39. The van der Waals surface area contributed by atoms with Crippen LogP contribution in [0.5, 0.6) is 0 Å². The third kappa shape index (κ3) is 2.32. The molecule has 0 spiro atoms. The Morgan fingerprint density at radius 1 is 1.56 bits per heavy atom. The average molecular weight is 254 g/mol. The van der Waals surface area contributed by atoms with Crippen molar-refractivity contribution in [2.75, 3.05) is 0 Å². The summed E-state index contributed by atoms with van der Waals surface area (Å²) in [7, 11) is 0. The van der Waals surface area contributed by atoms with Crippen molar-refractivity contribution < 1.29 is 18.5 Å². The molecule has 0 aliphatic carbocycles. The molecule has 0 saturated heterocycles. The van der Waals surface area contributed by atoms with Gasteiger partial charge in [0.25, 0.3) is 0 Å². The number of Topliss-reactive ketones (excluding diaryl/α,β-unsaturated/α-hetero) is 1. The molecule has 0 heterocycles. The van der Waals surface area contributed by atoms with E-state index in [2.05, 4.69) is 0 Å². The summed E-state index contributed by atoms with van der Waals surface area (Å²) in [5.74, 6) is -5.06. The van der Waals surface area contributed by atoms with Gasteiger partial charge in [0.15, 0.2) is 5.78 Å². The highest BCUT2D eigenvalue weighted by molar-refractivity contribution is 6.00. The molecule has 0 bridgehead atoms. The standard InChI is InChI=1S/C11H8F2N2O3/c1-2-6(5-14)11(16)9-7(12)3-4-8(10(9)13)15(17)18/h3-4,6H,2H2,1H3. The van der Waals surface area contributed by atoms with E-state index in [0.717, 1.165) is 0 Å². The minimum atomic E-state index is -1.54. The van der Waals surface area contributed by atoms with Gasteiger partial charge < -0.3 is 0 Å². The van der Waals surface area contributed by atoms with Gasteiger partial charge in [0.05, 0.1) is 16.6 Å². The number of nitro groups is 1. The first kappa shape index (κ1) is 13.7. The van der Waals surface area contributed by atoms with Gasteiger partial charge in [-0.1, -0.05) is 6.92 Å². The topological polar surface area (TPSA) is 84.0 Å². The van der Waals surface area contributed by atoms with E-state index in [1.165, 1.54) is 6.92 Å².